The van der Waals surface area contributed by atoms with Crippen molar-refractivity contribution in [2.45, 2.75) is 24.3 Å². The van der Waals surface area contributed by atoms with E-state index in [2.05, 4.69) is 5.32 Å². The fourth-order valence-corrected chi connectivity index (χ4v) is 4.72. The van der Waals surface area contributed by atoms with Crippen molar-refractivity contribution >= 4 is 27.5 Å². The largest absolute Gasteiger partial charge is 0.352 e. The zero-order valence-electron chi connectivity index (χ0n) is 14.3. The molecule has 0 aliphatic carbocycles. The molecule has 7 heteroatoms. The molecule has 0 spiro atoms. The van der Waals surface area contributed by atoms with Gasteiger partial charge < -0.3 is 5.32 Å². The Morgan fingerprint density at radius 1 is 1.12 bits per heavy atom. The number of rotatable bonds is 5. The molecule has 0 unspecified atom stereocenters. The highest BCUT2D eigenvalue weighted by Gasteiger charge is 2.33. The number of amides is 1. The molecule has 3 rings (SSSR count). The molecule has 1 saturated heterocycles. The topological polar surface area (TPSA) is 66.5 Å². The molecule has 26 heavy (non-hydrogen) atoms. The Morgan fingerprint density at radius 3 is 2.50 bits per heavy atom. The van der Waals surface area contributed by atoms with Gasteiger partial charge in [0.1, 0.15) is 0 Å². The first-order chi connectivity index (χ1) is 12.5. The third kappa shape index (κ3) is 4.44. The summed E-state index contributed by atoms with van der Waals surface area (Å²) in [5, 5.41) is 3.54. The van der Waals surface area contributed by atoms with Crippen LogP contribution in [0.25, 0.3) is 0 Å². The summed E-state index contributed by atoms with van der Waals surface area (Å²) in [5.41, 5.74) is 0.951. The highest BCUT2D eigenvalue weighted by atomic mass is 35.5. The first-order valence-electron chi connectivity index (χ1n) is 8.54. The average molecular weight is 393 g/mol. The lowest BCUT2D eigenvalue weighted by Crippen LogP contribution is -2.45. The second kappa shape index (κ2) is 8.20. The Labute approximate surface area is 159 Å². The maximum Gasteiger partial charge on any atom is 0.243 e. The van der Waals surface area contributed by atoms with E-state index in [1.165, 1.54) is 4.31 Å². The van der Waals surface area contributed by atoms with Crippen LogP contribution in [0.4, 0.5) is 0 Å². The van der Waals surface area contributed by atoms with Crippen molar-refractivity contribution in [1.82, 2.24) is 9.62 Å². The van der Waals surface area contributed by atoms with Gasteiger partial charge in [0.25, 0.3) is 0 Å². The summed E-state index contributed by atoms with van der Waals surface area (Å²) in [7, 11) is -3.56. The molecule has 1 aliphatic rings. The molecule has 1 atom stereocenters. The minimum Gasteiger partial charge on any atom is -0.352 e. The Kier molecular flexibility index (Phi) is 5.96. The number of sulfonamides is 1. The molecule has 1 heterocycles. The first kappa shape index (κ1) is 18.9. The monoisotopic (exact) mass is 392 g/mol. The molecule has 1 amide bonds. The normalized spacial score (nSPS) is 18.4. The summed E-state index contributed by atoms with van der Waals surface area (Å²) >= 11 is 5.86. The molecule has 0 saturated carbocycles. The molecule has 0 radical (unpaired) electrons. The fraction of sp³-hybridized carbons (Fsp3) is 0.316. The van der Waals surface area contributed by atoms with Gasteiger partial charge in [-0.3, -0.25) is 4.79 Å². The summed E-state index contributed by atoms with van der Waals surface area (Å²) in [6.07, 6.45) is 1.36. The van der Waals surface area contributed by atoms with Crippen LogP contribution in [0.1, 0.15) is 18.4 Å². The fourth-order valence-electron chi connectivity index (χ4n) is 3.05. The third-order valence-corrected chi connectivity index (χ3v) is 6.65. The van der Waals surface area contributed by atoms with Crippen LogP contribution in [0.3, 0.4) is 0 Å². The predicted molar refractivity (Wildman–Crippen MR) is 101 cm³/mol. The maximum absolute atomic E-state index is 12.7. The summed E-state index contributed by atoms with van der Waals surface area (Å²) in [5.74, 6) is -0.456. The van der Waals surface area contributed by atoms with E-state index in [-0.39, 0.29) is 23.3 Å². The van der Waals surface area contributed by atoms with Crippen molar-refractivity contribution in [3.05, 3.63) is 65.2 Å². The number of halogens is 1. The van der Waals surface area contributed by atoms with E-state index in [9.17, 15) is 13.2 Å². The lowest BCUT2D eigenvalue weighted by atomic mass is 9.99. The van der Waals surface area contributed by atoms with E-state index in [1.807, 2.05) is 12.1 Å². The maximum atomic E-state index is 12.7. The van der Waals surface area contributed by atoms with Gasteiger partial charge in [-0.05, 0) is 42.7 Å². The van der Waals surface area contributed by atoms with Gasteiger partial charge in [0.2, 0.25) is 15.9 Å². The Bertz CT molecular complexity index is 854. The molecule has 138 valence electrons. The highest BCUT2D eigenvalue weighted by Crippen LogP contribution is 2.24. The minimum atomic E-state index is -3.56. The van der Waals surface area contributed by atoms with Gasteiger partial charge >= 0.3 is 0 Å². The van der Waals surface area contributed by atoms with Crippen LogP contribution in [0, 0.1) is 5.92 Å². The van der Waals surface area contributed by atoms with Gasteiger partial charge in [-0.25, -0.2) is 8.42 Å². The van der Waals surface area contributed by atoms with E-state index in [0.29, 0.717) is 31.0 Å². The predicted octanol–water partition coefficient (Wildman–Crippen LogP) is 3.06. The molecular weight excluding hydrogens is 372 g/mol. The minimum absolute atomic E-state index is 0.118. The lowest BCUT2D eigenvalue weighted by Gasteiger charge is -2.31. The van der Waals surface area contributed by atoms with Gasteiger partial charge in [0.15, 0.2) is 0 Å². The molecule has 1 aliphatic heterocycles. The summed E-state index contributed by atoms with van der Waals surface area (Å²) in [6, 6.07) is 15.6. The molecular formula is C19H21ClN2O3S. The number of carbonyl (C=O) groups is 1. The number of hydrogen-bond acceptors (Lipinski definition) is 3. The van der Waals surface area contributed by atoms with E-state index in [1.54, 1.807) is 42.5 Å². The number of hydrogen-bond donors (Lipinski definition) is 1. The molecule has 2 aromatic carbocycles. The van der Waals surface area contributed by atoms with Crippen LogP contribution in [0.2, 0.25) is 5.02 Å². The van der Waals surface area contributed by atoms with Gasteiger partial charge in [-0.2, -0.15) is 4.31 Å². The quantitative estimate of drug-likeness (QED) is 0.850. The number of piperidine rings is 1. The second-order valence-corrected chi connectivity index (χ2v) is 8.73. The number of nitrogens with one attached hydrogen (secondary N) is 1. The van der Waals surface area contributed by atoms with E-state index in [0.717, 1.165) is 5.56 Å². The van der Waals surface area contributed by atoms with Crippen LogP contribution in [0.15, 0.2) is 59.5 Å². The molecule has 2 aromatic rings. The Balaban J connectivity index is 1.62. The number of benzene rings is 2. The molecule has 5 nitrogen and oxygen atoms in total. The van der Waals surface area contributed by atoms with Gasteiger partial charge in [-0.1, -0.05) is 41.9 Å². The first-order valence-corrected chi connectivity index (χ1v) is 10.4. The zero-order chi connectivity index (χ0) is 18.6. The van der Waals surface area contributed by atoms with Crippen molar-refractivity contribution < 1.29 is 13.2 Å². The van der Waals surface area contributed by atoms with Gasteiger partial charge in [-0.15, -0.1) is 0 Å². The lowest BCUT2D eigenvalue weighted by molar-refractivity contribution is -0.126. The molecule has 0 bridgehead atoms. The molecule has 0 aromatic heterocycles. The standard InChI is InChI=1S/C19H21ClN2O3S/c20-17-10-8-15(9-11-17)13-21-19(23)16-5-4-12-22(14-16)26(24,25)18-6-2-1-3-7-18/h1-3,6-11,16H,4-5,12-14H2,(H,21,23)/t16-/m0/s1. The SMILES string of the molecule is O=C(NCc1ccc(Cl)cc1)[C@H]1CCCN(S(=O)(=O)c2ccccc2)C1. The summed E-state index contributed by atoms with van der Waals surface area (Å²) in [6.45, 7) is 1.06. The van der Waals surface area contributed by atoms with Crippen molar-refractivity contribution in [1.29, 1.82) is 0 Å². The van der Waals surface area contributed by atoms with Crippen LogP contribution >= 0.6 is 11.6 Å². The van der Waals surface area contributed by atoms with E-state index in [4.69, 9.17) is 11.6 Å². The molecule has 1 fully saturated rings. The van der Waals surface area contributed by atoms with E-state index < -0.39 is 10.0 Å². The third-order valence-electron chi connectivity index (χ3n) is 4.52. The summed E-state index contributed by atoms with van der Waals surface area (Å²) in [4.78, 5) is 12.8. The van der Waals surface area contributed by atoms with Crippen molar-refractivity contribution in [2.24, 2.45) is 5.92 Å². The van der Waals surface area contributed by atoms with Crippen molar-refractivity contribution in [3.8, 4) is 0 Å². The van der Waals surface area contributed by atoms with Crippen LogP contribution in [0.5, 0.6) is 0 Å². The second-order valence-electron chi connectivity index (χ2n) is 6.36. The van der Waals surface area contributed by atoms with Crippen LogP contribution in [-0.2, 0) is 21.4 Å². The average Bonchev–Trinajstić information content (AvgIpc) is 2.68. The Hall–Kier alpha value is -1.89. The Morgan fingerprint density at radius 2 is 1.81 bits per heavy atom. The van der Waals surface area contributed by atoms with Gasteiger partial charge in [0, 0.05) is 24.7 Å². The van der Waals surface area contributed by atoms with Gasteiger partial charge in [0.05, 0.1) is 10.8 Å². The van der Waals surface area contributed by atoms with E-state index >= 15 is 0 Å². The summed E-state index contributed by atoms with van der Waals surface area (Å²) < 4.78 is 26.9. The van der Waals surface area contributed by atoms with Crippen LogP contribution < -0.4 is 5.32 Å². The zero-order valence-corrected chi connectivity index (χ0v) is 15.8. The van der Waals surface area contributed by atoms with Crippen LogP contribution in [-0.4, -0.2) is 31.7 Å². The van der Waals surface area contributed by atoms with Crippen molar-refractivity contribution in [2.75, 3.05) is 13.1 Å². The number of nitrogens with zero attached hydrogens (tertiary/aromatic N) is 1. The molecule has 1 N–H and O–H groups in total. The van der Waals surface area contributed by atoms with Crippen molar-refractivity contribution in [3.63, 3.8) is 0 Å². The highest BCUT2D eigenvalue weighted by molar-refractivity contribution is 7.89. The number of carbonyl (C=O) groups excluding carboxylic acids is 1. The smallest absolute Gasteiger partial charge is 0.243 e.